The molecule has 5 heteroatoms. The summed E-state index contributed by atoms with van der Waals surface area (Å²) in [7, 11) is 1.66. The third-order valence-corrected chi connectivity index (χ3v) is 4.19. The third kappa shape index (κ3) is 4.08. The zero-order chi connectivity index (χ0) is 13.7. The Hall–Kier alpha value is -1.33. The van der Waals surface area contributed by atoms with Gasteiger partial charge in [0, 0.05) is 20.1 Å². The van der Waals surface area contributed by atoms with Gasteiger partial charge in [-0.25, -0.2) is 0 Å². The first kappa shape index (κ1) is 14.1. The summed E-state index contributed by atoms with van der Waals surface area (Å²) in [5, 5.41) is 2.66. The lowest BCUT2D eigenvalue weighted by atomic mass is 10.1. The van der Waals surface area contributed by atoms with Crippen molar-refractivity contribution in [2.24, 2.45) is 0 Å². The summed E-state index contributed by atoms with van der Waals surface area (Å²) in [5.41, 5.74) is 2.12. The fourth-order valence-corrected chi connectivity index (χ4v) is 3.03. The first-order chi connectivity index (χ1) is 9.19. The fraction of sp³-hybridized carbons (Fsp3) is 0.429. The van der Waals surface area contributed by atoms with E-state index in [-0.39, 0.29) is 16.9 Å². The highest BCUT2D eigenvalue weighted by Gasteiger charge is 2.28. The predicted molar refractivity (Wildman–Crippen MR) is 74.9 cm³/mol. The van der Waals surface area contributed by atoms with Crippen LogP contribution in [0.5, 0.6) is 0 Å². The summed E-state index contributed by atoms with van der Waals surface area (Å²) in [4.78, 5) is 23.0. The molecular formula is C14H17NO3S. The molecule has 0 spiro atoms. The lowest BCUT2D eigenvalue weighted by Crippen LogP contribution is -2.31. The van der Waals surface area contributed by atoms with Crippen LogP contribution >= 0.6 is 11.8 Å². The van der Waals surface area contributed by atoms with Gasteiger partial charge in [-0.3, -0.25) is 9.59 Å². The number of hydrogen-bond donors (Lipinski definition) is 1. The summed E-state index contributed by atoms with van der Waals surface area (Å²) < 4.78 is 5.07. The molecule has 1 N–H and O–H groups in total. The Labute approximate surface area is 116 Å². The number of nitrogens with one attached hydrogen (secondary N) is 1. The summed E-state index contributed by atoms with van der Waals surface area (Å²) in [6.45, 7) is 1.05. The Morgan fingerprint density at radius 3 is 2.95 bits per heavy atom. The summed E-state index contributed by atoms with van der Waals surface area (Å²) in [5.74, 6) is 0.571. The van der Waals surface area contributed by atoms with E-state index in [0.29, 0.717) is 25.3 Å². The smallest absolute Gasteiger partial charge is 0.233 e. The maximum absolute atomic E-state index is 11.9. The SMILES string of the molecule is COCc1cccc(CNC(=O)C2CC(=O)CS2)c1. The van der Waals surface area contributed by atoms with Crippen LogP contribution < -0.4 is 5.32 Å². The molecular weight excluding hydrogens is 262 g/mol. The summed E-state index contributed by atoms with van der Waals surface area (Å²) in [6, 6.07) is 7.91. The molecule has 19 heavy (non-hydrogen) atoms. The number of carbonyl (C=O) groups excluding carboxylic acids is 2. The van der Waals surface area contributed by atoms with E-state index in [1.807, 2.05) is 24.3 Å². The quantitative estimate of drug-likeness (QED) is 0.888. The molecule has 0 saturated carbocycles. The number of benzene rings is 1. The van der Waals surface area contributed by atoms with E-state index >= 15 is 0 Å². The molecule has 0 aliphatic carbocycles. The van der Waals surface area contributed by atoms with E-state index < -0.39 is 0 Å². The molecule has 102 valence electrons. The van der Waals surface area contributed by atoms with Gasteiger partial charge in [0.15, 0.2) is 0 Å². The number of thioether (sulfide) groups is 1. The lowest BCUT2D eigenvalue weighted by Gasteiger charge is -2.10. The Bertz CT molecular complexity index is 476. The van der Waals surface area contributed by atoms with Crippen molar-refractivity contribution in [3.63, 3.8) is 0 Å². The Morgan fingerprint density at radius 1 is 1.47 bits per heavy atom. The Kier molecular flexibility index (Phi) is 4.99. The number of carbonyl (C=O) groups is 2. The number of ether oxygens (including phenoxy) is 1. The second-order valence-corrected chi connectivity index (χ2v) is 5.70. The van der Waals surface area contributed by atoms with E-state index in [4.69, 9.17) is 4.74 Å². The minimum atomic E-state index is -0.213. The normalized spacial score (nSPS) is 18.6. The molecule has 1 amide bonds. The van der Waals surface area contributed by atoms with Gasteiger partial charge < -0.3 is 10.1 Å². The second-order valence-electron chi connectivity index (χ2n) is 4.51. The molecule has 1 aromatic carbocycles. The van der Waals surface area contributed by atoms with Crippen LogP contribution in [-0.2, 0) is 27.5 Å². The van der Waals surface area contributed by atoms with Gasteiger partial charge in [0.1, 0.15) is 5.78 Å². The minimum absolute atomic E-state index is 0.0482. The van der Waals surface area contributed by atoms with Crippen LogP contribution in [0, 0.1) is 0 Å². The first-order valence-electron chi connectivity index (χ1n) is 6.17. The van der Waals surface area contributed by atoms with E-state index in [9.17, 15) is 9.59 Å². The second kappa shape index (κ2) is 6.73. The molecule has 2 rings (SSSR count). The largest absolute Gasteiger partial charge is 0.380 e. The molecule has 1 aromatic rings. The highest BCUT2D eigenvalue weighted by molar-refractivity contribution is 8.01. The Morgan fingerprint density at radius 2 is 2.26 bits per heavy atom. The molecule has 0 bridgehead atoms. The van der Waals surface area contributed by atoms with Crippen LogP contribution in [-0.4, -0.2) is 29.8 Å². The van der Waals surface area contributed by atoms with Crippen molar-refractivity contribution in [2.75, 3.05) is 12.9 Å². The average Bonchev–Trinajstić information content (AvgIpc) is 2.84. The van der Waals surface area contributed by atoms with Crippen molar-refractivity contribution in [1.29, 1.82) is 0 Å². The molecule has 1 atom stereocenters. The topological polar surface area (TPSA) is 55.4 Å². The molecule has 1 saturated heterocycles. The maximum atomic E-state index is 11.9. The predicted octanol–water partition coefficient (Wildman–Crippen LogP) is 1.52. The number of ketones is 1. The summed E-state index contributed by atoms with van der Waals surface area (Å²) >= 11 is 1.42. The third-order valence-electron chi connectivity index (χ3n) is 2.92. The molecule has 1 aliphatic heterocycles. The van der Waals surface area contributed by atoms with Crippen LogP contribution in [0.25, 0.3) is 0 Å². The zero-order valence-electron chi connectivity index (χ0n) is 10.8. The van der Waals surface area contributed by atoms with Crippen molar-refractivity contribution >= 4 is 23.5 Å². The van der Waals surface area contributed by atoms with Gasteiger partial charge in [0.2, 0.25) is 5.91 Å². The van der Waals surface area contributed by atoms with Crippen LogP contribution in [0.4, 0.5) is 0 Å². The zero-order valence-corrected chi connectivity index (χ0v) is 11.7. The van der Waals surface area contributed by atoms with Crippen molar-refractivity contribution in [3.05, 3.63) is 35.4 Å². The molecule has 1 fully saturated rings. The van der Waals surface area contributed by atoms with Crippen LogP contribution in [0.2, 0.25) is 0 Å². The van der Waals surface area contributed by atoms with E-state index in [2.05, 4.69) is 5.32 Å². The van der Waals surface area contributed by atoms with Crippen molar-refractivity contribution in [1.82, 2.24) is 5.32 Å². The van der Waals surface area contributed by atoms with Gasteiger partial charge in [0.05, 0.1) is 17.6 Å². The lowest BCUT2D eigenvalue weighted by molar-refractivity contribution is -0.123. The molecule has 1 aliphatic rings. The molecule has 0 aromatic heterocycles. The van der Waals surface area contributed by atoms with Crippen LogP contribution in [0.15, 0.2) is 24.3 Å². The van der Waals surface area contributed by atoms with E-state index in [1.165, 1.54) is 11.8 Å². The van der Waals surface area contributed by atoms with Crippen molar-refractivity contribution in [2.45, 2.75) is 24.8 Å². The van der Waals surface area contributed by atoms with Gasteiger partial charge in [-0.1, -0.05) is 24.3 Å². The number of methoxy groups -OCH3 is 1. The van der Waals surface area contributed by atoms with E-state index in [1.54, 1.807) is 7.11 Å². The number of Topliss-reactive ketones (excluding diaryl/α,β-unsaturated/α-hetero) is 1. The van der Waals surface area contributed by atoms with Gasteiger partial charge >= 0.3 is 0 Å². The first-order valence-corrected chi connectivity index (χ1v) is 7.21. The molecule has 1 unspecified atom stereocenters. The average molecular weight is 279 g/mol. The monoisotopic (exact) mass is 279 g/mol. The molecule has 4 nitrogen and oxygen atoms in total. The standard InChI is InChI=1S/C14H17NO3S/c1-18-8-11-4-2-3-10(5-11)7-15-14(17)13-6-12(16)9-19-13/h2-5,13H,6-9H2,1H3,(H,15,17). The van der Waals surface area contributed by atoms with Crippen molar-refractivity contribution < 1.29 is 14.3 Å². The van der Waals surface area contributed by atoms with Gasteiger partial charge in [-0.2, -0.15) is 0 Å². The Balaban J connectivity index is 1.86. The number of amides is 1. The van der Waals surface area contributed by atoms with Gasteiger partial charge in [-0.15, -0.1) is 11.8 Å². The number of rotatable bonds is 5. The van der Waals surface area contributed by atoms with Gasteiger partial charge in [-0.05, 0) is 11.1 Å². The highest BCUT2D eigenvalue weighted by atomic mass is 32.2. The van der Waals surface area contributed by atoms with Crippen molar-refractivity contribution in [3.8, 4) is 0 Å². The number of hydrogen-bond acceptors (Lipinski definition) is 4. The molecule has 0 radical (unpaired) electrons. The fourth-order valence-electron chi connectivity index (χ4n) is 1.99. The van der Waals surface area contributed by atoms with Crippen LogP contribution in [0.1, 0.15) is 17.5 Å². The maximum Gasteiger partial charge on any atom is 0.233 e. The van der Waals surface area contributed by atoms with E-state index in [0.717, 1.165) is 11.1 Å². The van der Waals surface area contributed by atoms with Gasteiger partial charge in [0.25, 0.3) is 0 Å². The molecule has 1 heterocycles. The minimum Gasteiger partial charge on any atom is -0.380 e. The highest BCUT2D eigenvalue weighted by Crippen LogP contribution is 2.23. The summed E-state index contributed by atoms with van der Waals surface area (Å²) in [6.07, 6.45) is 0.361. The van der Waals surface area contributed by atoms with Crippen LogP contribution in [0.3, 0.4) is 0 Å².